The lowest BCUT2D eigenvalue weighted by Crippen LogP contribution is -2.51. The molecule has 18 heavy (non-hydrogen) atoms. The third-order valence-electron chi connectivity index (χ3n) is 2.90. The van der Waals surface area contributed by atoms with Crippen LogP contribution in [0.3, 0.4) is 0 Å². The quantitative estimate of drug-likeness (QED) is 0.763. The van der Waals surface area contributed by atoms with Crippen LogP contribution in [-0.4, -0.2) is 48.1 Å². The smallest absolute Gasteiger partial charge is 0.407 e. The highest BCUT2D eigenvalue weighted by Crippen LogP contribution is 2.24. The molecule has 0 bridgehead atoms. The van der Waals surface area contributed by atoms with E-state index in [-0.39, 0.29) is 24.8 Å². The lowest BCUT2D eigenvalue weighted by atomic mass is 10.0. The van der Waals surface area contributed by atoms with Gasteiger partial charge in [-0.05, 0) is 5.92 Å². The van der Waals surface area contributed by atoms with Crippen molar-refractivity contribution < 1.29 is 18.7 Å². The summed E-state index contributed by atoms with van der Waals surface area (Å²) in [5.74, 6) is -0.439. The third-order valence-corrected chi connectivity index (χ3v) is 3.39. The highest BCUT2D eigenvalue weighted by Gasteiger charge is 2.38. The Kier molecular flexibility index (Phi) is 5.25. The molecule has 7 heteroatoms. The number of hydrogen-bond acceptors (Lipinski definition) is 4. The van der Waals surface area contributed by atoms with Crippen molar-refractivity contribution in [3.05, 3.63) is 0 Å². The summed E-state index contributed by atoms with van der Waals surface area (Å²) >= 11 is 4.18. The van der Waals surface area contributed by atoms with E-state index >= 15 is 0 Å². The summed E-state index contributed by atoms with van der Waals surface area (Å²) in [7, 11) is 1.23. The minimum absolute atomic E-state index is 0.0269. The SMILES string of the molecule is COC(=O)N[C@H](C(=O)N1C[C@@H](F)C[C@H]1S)C(C)C. The third kappa shape index (κ3) is 3.51. The largest absolute Gasteiger partial charge is 0.453 e. The van der Waals surface area contributed by atoms with Gasteiger partial charge < -0.3 is 15.0 Å². The van der Waals surface area contributed by atoms with Crippen molar-refractivity contribution in [1.82, 2.24) is 10.2 Å². The van der Waals surface area contributed by atoms with Gasteiger partial charge in [0.1, 0.15) is 12.2 Å². The van der Waals surface area contributed by atoms with Gasteiger partial charge in [0, 0.05) is 6.42 Å². The van der Waals surface area contributed by atoms with Crippen LogP contribution < -0.4 is 5.32 Å². The van der Waals surface area contributed by atoms with Crippen molar-refractivity contribution >= 4 is 24.6 Å². The van der Waals surface area contributed by atoms with E-state index in [0.29, 0.717) is 0 Å². The molecular weight excluding hydrogens is 259 g/mol. The first-order valence-corrected chi connectivity index (χ1v) is 6.35. The number of alkyl halides is 1. The highest BCUT2D eigenvalue weighted by molar-refractivity contribution is 7.80. The average molecular weight is 278 g/mol. The maximum absolute atomic E-state index is 13.2. The second-order valence-electron chi connectivity index (χ2n) is 4.66. The molecule has 2 amide bonds. The van der Waals surface area contributed by atoms with Crippen molar-refractivity contribution in [2.24, 2.45) is 5.92 Å². The van der Waals surface area contributed by atoms with E-state index in [1.165, 1.54) is 12.0 Å². The van der Waals surface area contributed by atoms with Gasteiger partial charge in [0.2, 0.25) is 5.91 Å². The Balaban J connectivity index is 2.74. The number of nitrogens with one attached hydrogen (secondary N) is 1. The summed E-state index contributed by atoms with van der Waals surface area (Å²) in [5.41, 5.74) is 0. The number of carbonyl (C=O) groups is 2. The Morgan fingerprint density at radius 1 is 1.50 bits per heavy atom. The zero-order valence-electron chi connectivity index (χ0n) is 10.7. The Morgan fingerprint density at radius 3 is 2.50 bits per heavy atom. The van der Waals surface area contributed by atoms with E-state index in [4.69, 9.17) is 0 Å². The van der Waals surface area contributed by atoms with Gasteiger partial charge in [0.25, 0.3) is 0 Å². The summed E-state index contributed by atoms with van der Waals surface area (Å²) in [4.78, 5) is 24.8. The standard InChI is InChI=1S/C11H19FN2O3S/c1-6(2)9(13-11(16)17-3)10(15)14-5-7(12)4-8(14)18/h6-9,18H,4-5H2,1-3H3,(H,13,16)/t7-,8+,9-/m0/s1. The number of carbonyl (C=O) groups excluding carboxylic acids is 2. The molecule has 0 aromatic carbocycles. The second-order valence-corrected chi connectivity index (χ2v) is 5.26. The first kappa shape index (κ1) is 15.1. The number of likely N-dealkylation sites (tertiary alicyclic amines) is 1. The van der Waals surface area contributed by atoms with Gasteiger partial charge in [0.15, 0.2) is 0 Å². The maximum atomic E-state index is 13.2. The molecule has 1 fully saturated rings. The molecule has 1 aliphatic heterocycles. The van der Waals surface area contributed by atoms with Crippen LogP contribution in [0.1, 0.15) is 20.3 Å². The molecule has 3 atom stereocenters. The van der Waals surface area contributed by atoms with Crippen LogP contribution in [-0.2, 0) is 9.53 Å². The Hall–Kier alpha value is -0.980. The zero-order chi connectivity index (χ0) is 13.9. The van der Waals surface area contributed by atoms with Gasteiger partial charge in [-0.25, -0.2) is 9.18 Å². The van der Waals surface area contributed by atoms with Gasteiger partial charge in [0.05, 0.1) is 19.0 Å². The summed E-state index contributed by atoms with van der Waals surface area (Å²) in [6.45, 7) is 3.63. The summed E-state index contributed by atoms with van der Waals surface area (Å²) in [5, 5.41) is 2.03. The van der Waals surface area contributed by atoms with Crippen molar-refractivity contribution in [2.75, 3.05) is 13.7 Å². The number of methoxy groups -OCH3 is 1. The van der Waals surface area contributed by atoms with Crippen molar-refractivity contribution in [2.45, 2.75) is 37.9 Å². The van der Waals surface area contributed by atoms with Crippen LogP contribution in [0.2, 0.25) is 0 Å². The summed E-state index contributed by atoms with van der Waals surface area (Å²) < 4.78 is 17.7. The molecule has 0 spiro atoms. The van der Waals surface area contributed by atoms with E-state index in [0.717, 1.165) is 0 Å². The number of thiol groups is 1. The molecule has 1 heterocycles. The molecule has 1 saturated heterocycles. The number of amides is 2. The highest BCUT2D eigenvalue weighted by atomic mass is 32.1. The van der Waals surface area contributed by atoms with E-state index in [1.54, 1.807) is 13.8 Å². The van der Waals surface area contributed by atoms with Crippen LogP contribution in [0.5, 0.6) is 0 Å². The number of rotatable bonds is 3. The predicted octanol–water partition coefficient (Wildman–Crippen LogP) is 1.19. The van der Waals surface area contributed by atoms with Gasteiger partial charge in [-0.3, -0.25) is 4.79 Å². The molecule has 1 aliphatic rings. The van der Waals surface area contributed by atoms with Crippen LogP contribution in [0.25, 0.3) is 0 Å². The first-order valence-electron chi connectivity index (χ1n) is 5.84. The monoisotopic (exact) mass is 278 g/mol. The van der Waals surface area contributed by atoms with Gasteiger partial charge in [-0.15, -0.1) is 0 Å². The Bertz CT molecular complexity index is 327. The number of hydrogen-bond donors (Lipinski definition) is 2. The molecule has 104 valence electrons. The van der Waals surface area contributed by atoms with Crippen molar-refractivity contribution in [3.8, 4) is 0 Å². The molecule has 0 aromatic rings. The normalized spacial score (nSPS) is 25.1. The van der Waals surface area contributed by atoms with Crippen LogP contribution >= 0.6 is 12.6 Å². The Labute approximate surface area is 111 Å². The number of nitrogens with zero attached hydrogens (tertiary/aromatic N) is 1. The molecule has 0 radical (unpaired) electrons. The summed E-state index contributed by atoms with van der Waals surface area (Å²) in [6.07, 6.45) is -1.51. The summed E-state index contributed by atoms with van der Waals surface area (Å²) in [6, 6.07) is -0.725. The lowest BCUT2D eigenvalue weighted by molar-refractivity contribution is -0.134. The lowest BCUT2D eigenvalue weighted by Gasteiger charge is -2.28. The fourth-order valence-corrected chi connectivity index (χ4v) is 2.32. The Morgan fingerprint density at radius 2 is 2.11 bits per heavy atom. The van der Waals surface area contributed by atoms with E-state index in [2.05, 4.69) is 22.7 Å². The second kappa shape index (κ2) is 6.26. The minimum atomic E-state index is -1.05. The molecule has 0 aliphatic carbocycles. The van der Waals surface area contributed by atoms with Crippen molar-refractivity contribution in [1.29, 1.82) is 0 Å². The molecule has 0 unspecified atom stereocenters. The van der Waals surface area contributed by atoms with Gasteiger partial charge >= 0.3 is 6.09 Å². The van der Waals surface area contributed by atoms with Gasteiger partial charge in [-0.2, -0.15) is 12.6 Å². The maximum Gasteiger partial charge on any atom is 0.407 e. The molecule has 0 aromatic heterocycles. The van der Waals surface area contributed by atoms with Crippen LogP contribution in [0.15, 0.2) is 0 Å². The fraction of sp³-hybridized carbons (Fsp3) is 0.818. The molecule has 0 saturated carbocycles. The minimum Gasteiger partial charge on any atom is -0.453 e. The predicted molar refractivity (Wildman–Crippen MR) is 68.2 cm³/mol. The van der Waals surface area contributed by atoms with Crippen LogP contribution in [0.4, 0.5) is 9.18 Å². The number of alkyl carbamates (subject to hydrolysis) is 1. The van der Waals surface area contributed by atoms with E-state index < -0.39 is 23.7 Å². The average Bonchev–Trinajstić information content (AvgIpc) is 2.63. The molecule has 1 N–H and O–H groups in total. The zero-order valence-corrected chi connectivity index (χ0v) is 11.6. The van der Waals surface area contributed by atoms with Gasteiger partial charge in [-0.1, -0.05) is 13.8 Å². The van der Waals surface area contributed by atoms with Crippen molar-refractivity contribution in [3.63, 3.8) is 0 Å². The molecule has 1 rings (SSSR count). The molecular formula is C11H19FN2O3S. The number of ether oxygens (including phenoxy) is 1. The topological polar surface area (TPSA) is 58.6 Å². The number of halogens is 1. The van der Waals surface area contributed by atoms with Crippen LogP contribution in [0, 0.1) is 5.92 Å². The fourth-order valence-electron chi connectivity index (χ4n) is 1.88. The van der Waals surface area contributed by atoms with E-state index in [1.807, 2.05) is 0 Å². The molecule has 5 nitrogen and oxygen atoms in total. The van der Waals surface area contributed by atoms with E-state index in [9.17, 15) is 14.0 Å². The first-order chi connectivity index (χ1) is 8.36.